The van der Waals surface area contributed by atoms with Crippen molar-refractivity contribution in [2.75, 3.05) is 9.80 Å². The molecule has 11 rings (SSSR count). The lowest BCUT2D eigenvalue weighted by Crippen LogP contribution is -2.12. The van der Waals surface area contributed by atoms with Gasteiger partial charge in [-0.1, -0.05) is 113 Å². The quantitative estimate of drug-likeness (QED) is 0.153. The number of anilines is 6. The van der Waals surface area contributed by atoms with E-state index in [-0.39, 0.29) is 0 Å². The molecule has 0 N–H and O–H groups in total. The van der Waals surface area contributed by atoms with Gasteiger partial charge in [0.2, 0.25) is 0 Å². The molecule has 0 bridgehead atoms. The number of rotatable bonds is 8. The second-order valence-electron chi connectivity index (χ2n) is 16.8. The summed E-state index contributed by atoms with van der Waals surface area (Å²) in [6, 6.07) is 64.6. The SMILES string of the molecule is CC(C)c1ccccc1N(c1ccccc1)c1ccc2cc3c(cc2c1)oc1cc2oc4cc5cc(N(c6ccccc6)c6ccccc6C(C)C)ccc5cc4c2c(C#N)c13. The fraction of sp³-hybridized carbons (Fsp3) is 0.105. The number of nitriles is 1. The molecule has 0 spiro atoms. The third-order valence-corrected chi connectivity index (χ3v) is 12.3. The summed E-state index contributed by atoms with van der Waals surface area (Å²) in [5.74, 6) is 0.696. The molecule has 298 valence electrons. The molecule has 0 fully saturated rings. The van der Waals surface area contributed by atoms with Crippen molar-refractivity contribution in [1.29, 1.82) is 5.26 Å². The van der Waals surface area contributed by atoms with Crippen LogP contribution in [-0.4, -0.2) is 0 Å². The normalized spacial score (nSPS) is 11.8. The number of furan rings is 2. The highest BCUT2D eigenvalue weighted by Crippen LogP contribution is 2.45. The smallest absolute Gasteiger partial charge is 0.140 e. The summed E-state index contributed by atoms with van der Waals surface area (Å²) in [6.45, 7) is 8.95. The first-order valence-electron chi connectivity index (χ1n) is 21.4. The molecule has 0 saturated carbocycles. The number of hydrogen-bond acceptors (Lipinski definition) is 5. The second-order valence-corrected chi connectivity index (χ2v) is 16.8. The highest BCUT2D eigenvalue weighted by atomic mass is 16.3. The molecule has 5 heteroatoms. The third kappa shape index (κ3) is 6.06. The van der Waals surface area contributed by atoms with E-state index in [4.69, 9.17) is 8.83 Å². The molecule has 0 saturated heterocycles. The Bertz CT molecular complexity index is 3330. The van der Waals surface area contributed by atoms with Gasteiger partial charge in [0, 0.05) is 61.7 Å². The first-order valence-corrected chi connectivity index (χ1v) is 21.4. The van der Waals surface area contributed by atoms with Crippen LogP contribution in [0.4, 0.5) is 34.1 Å². The molecule has 5 nitrogen and oxygen atoms in total. The molecule has 0 aliphatic carbocycles. The Morgan fingerprint density at radius 3 is 1.24 bits per heavy atom. The Kier molecular flexibility index (Phi) is 8.84. The van der Waals surface area contributed by atoms with Gasteiger partial charge in [0.1, 0.15) is 28.4 Å². The van der Waals surface area contributed by atoms with Crippen molar-refractivity contribution in [3.8, 4) is 6.07 Å². The van der Waals surface area contributed by atoms with Gasteiger partial charge in [-0.15, -0.1) is 0 Å². The van der Waals surface area contributed by atoms with Crippen LogP contribution in [0.3, 0.4) is 0 Å². The summed E-state index contributed by atoms with van der Waals surface area (Å²) < 4.78 is 13.3. The maximum atomic E-state index is 10.9. The molecular formula is C57H43N3O2. The maximum Gasteiger partial charge on any atom is 0.140 e. The van der Waals surface area contributed by atoms with Crippen LogP contribution in [0.5, 0.6) is 0 Å². The zero-order valence-corrected chi connectivity index (χ0v) is 35.1. The minimum atomic E-state index is 0.348. The third-order valence-electron chi connectivity index (χ3n) is 12.3. The maximum absolute atomic E-state index is 10.9. The molecule has 0 amide bonds. The first kappa shape index (κ1) is 37.2. The monoisotopic (exact) mass is 801 g/mol. The largest absolute Gasteiger partial charge is 0.456 e. The Hall–Kier alpha value is -7.81. The van der Waals surface area contributed by atoms with Gasteiger partial charge in [-0.3, -0.25) is 0 Å². The average molecular weight is 802 g/mol. The van der Waals surface area contributed by atoms with Crippen molar-refractivity contribution in [3.63, 3.8) is 0 Å². The fourth-order valence-electron chi connectivity index (χ4n) is 9.41. The lowest BCUT2D eigenvalue weighted by molar-refractivity contribution is 0.656. The van der Waals surface area contributed by atoms with Crippen molar-refractivity contribution in [2.45, 2.75) is 39.5 Å². The number of hydrogen-bond donors (Lipinski definition) is 0. The fourth-order valence-corrected chi connectivity index (χ4v) is 9.41. The van der Waals surface area contributed by atoms with Crippen molar-refractivity contribution in [2.24, 2.45) is 0 Å². The van der Waals surface area contributed by atoms with E-state index in [1.807, 2.05) is 6.07 Å². The summed E-state index contributed by atoms with van der Waals surface area (Å²) in [5, 5.41) is 18.6. The van der Waals surface area contributed by atoms with E-state index in [1.165, 1.54) is 11.1 Å². The van der Waals surface area contributed by atoms with Gasteiger partial charge in [-0.05, 0) is 129 Å². The van der Waals surface area contributed by atoms with E-state index in [1.54, 1.807) is 0 Å². The number of nitrogens with zero attached hydrogens (tertiary/aromatic N) is 3. The van der Waals surface area contributed by atoms with Crippen LogP contribution in [0.2, 0.25) is 0 Å². The highest BCUT2D eigenvalue weighted by Gasteiger charge is 2.23. The van der Waals surface area contributed by atoms with Crippen LogP contribution < -0.4 is 9.80 Å². The lowest BCUT2D eigenvalue weighted by atomic mass is 9.97. The van der Waals surface area contributed by atoms with E-state index in [9.17, 15) is 5.26 Å². The van der Waals surface area contributed by atoms with Crippen LogP contribution in [-0.2, 0) is 0 Å². The second kappa shape index (κ2) is 14.7. The van der Waals surface area contributed by atoms with Crippen LogP contribution in [0.15, 0.2) is 185 Å². The van der Waals surface area contributed by atoms with Crippen molar-refractivity contribution < 1.29 is 8.83 Å². The van der Waals surface area contributed by atoms with Gasteiger partial charge in [-0.25, -0.2) is 0 Å². The van der Waals surface area contributed by atoms with E-state index in [0.29, 0.717) is 28.6 Å². The summed E-state index contributed by atoms with van der Waals surface area (Å²) in [6.07, 6.45) is 0. The Morgan fingerprint density at radius 1 is 0.403 bits per heavy atom. The van der Waals surface area contributed by atoms with E-state index in [2.05, 4.69) is 213 Å². The van der Waals surface area contributed by atoms with Crippen molar-refractivity contribution >= 4 is 99.5 Å². The van der Waals surface area contributed by atoms with Crippen LogP contribution in [0, 0.1) is 11.3 Å². The number of benzene rings is 9. The van der Waals surface area contributed by atoms with Crippen LogP contribution in [0.1, 0.15) is 56.2 Å². The molecule has 0 unspecified atom stereocenters. The molecule has 9 aromatic carbocycles. The first-order chi connectivity index (χ1) is 30.3. The standard InChI is InChI=1S/C57H43N3O2/c1-35(2)45-19-11-13-21-50(45)59(41-15-7-5-8-16-41)43-25-23-37-29-47-52(31-39(37)27-43)61-54-33-55-57(49(34-58)56(47)54)48-30-38-24-26-44(28-40(38)32-53(48)62-55)60(42-17-9-6-10-18-42)51-22-14-12-20-46(51)36(3)4/h5-33,35-36H,1-4H3. The molecule has 0 radical (unpaired) electrons. The molecule has 0 aliphatic rings. The minimum Gasteiger partial charge on any atom is -0.456 e. The van der Waals surface area contributed by atoms with Gasteiger partial charge in [-0.2, -0.15) is 5.26 Å². The zero-order chi connectivity index (χ0) is 42.1. The predicted molar refractivity (Wildman–Crippen MR) is 258 cm³/mol. The Balaban J connectivity index is 1.04. The molecular weight excluding hydrogens is 759 g/mol. The zero-order valence-electron chi connectivity index (χ0n) is 35.1. The lowest BCUT2D eigenvalue weighted by Gasteiger charge is -2.29. The van der Waals surface area contributed by atoms with Gasteiger partial charge in [0.15, 0.2) is 0 Å². The van der Waals surface area contributed by atoms with Crippen molar-refractivity contribution in [3.05, 3.63) is 193 Å². The van der Waals surface area contributed by atoms with Gasteiger partial charge in [0.05, 0.1) is 5.56 Å². The molecule has 11 aromatic rings. The molecule has 0 aliphatic heterocycles. The number of para-hydroxylation sites is 4. The van der Waals surface area contributed by atoms with Crippen LogP contribution in [0.25, 0.3) is 65.4 Å². The van der Waals surface area contributed by atoms with Gasteiger partial charge < -0.3 is 18.6 Å². The predicted octanol–water partition coefficient (Wildman–Crippen LogP) is 16.8. The Labute approximate surface area is 360 Å². The summed E-state index contributed by atoms with van der Waals surface area (Å²) >= 11 is 0. The molecule has 62 heavy (non-hydrogen) atoms. The summed E-state index contributed by atoms with van der Waals surface area (Å²) in [4.78, 5) is 4.67. The van der Waals surface area contributed by atoms with E-state index >= 15 is 0 Å². The minimum absolute atomic E-state index is 0.348. The summed E-state index contributed by atoms with van der Waals surface area (Å²) in [7, 11) is 0. The van der Waals surface area contributed by atoms with E-state index in [0.717, 1.165) is 88.4 Å². The van der Waals surface area contributed by atoms with Crippen molar-refractivity contribution in [1.82, 2.24) is 0 Å². The molecule has 2 aromatic heterocycles. The van der Waals surface area contributed by atoms with Gasteiger partial charge >= 0.3 is 0 Å². The average Bonchev–Trinajstić information content (AvgIpc) is 3.84. The molecule has 2 heterocycles. The topological polar surface area (TPSA) is 56.6 Å². The van der Waals surface area contributed by atoms with Gasteiger partial charge in [0.25, 0.3) is 0 Å². The van der Waals surface area contributed by atoms with Crippen LogP contribution >= 0.6 is 0 Å². The summed E-state index contributed by atoms with van der Waals surface area (Å²) in [5.41, 5.74) is 12.4. The van der Waals surface area contributed by atoms with E-state index < -0.39 is 0 Å². The molecule has 0 atom stereocenters. The Morgan fingerprint density at radius 2 is 0.823 bits per heavy atom. The number of fused-ring (bicyclic) bond motifs is 8. The highest BCUT2D eigenvalue weighted by molar-refractivity contribution is 6.22.